The van der Waals surface area contributed by atoms with Gasteiger partial charge < -0.3 is 28.5 Å². The average molecular weight is 1080 g/mol. The summed E-state index contributed by atoms with van der Waals surface area (Å²) in [6.07, 6.45) is 73.9. The molecule has 0 aromatic rings. The Labute approximate surface area is 468 Å². The van der Waals surface area contributed by atoms with Gasteiger partial charge in [0.2, 0.25) is 5.91 Å². The molecule has 3 atom stereocenters. The number of phosphoric ester groups is 1. The van der Waals surface area contributed by atoms with E-state index in [1.54, 1.807) is 0 Å². The van der Waals surface area contributed by atoms with E-state index in [1.165, 1.54) is 135 Å². The van der Waals surface area contributed by atoms with Crippen molar-refractivity contribution >= 4 is 19.7 Å². The van der Waals surface area contributed by atoms with Crippen molar-refractivity contribution in [1.82, 2.24) is 5.32 Å². The van der Waals surface area contributed by atoms with Crippen molar-refractivity contribution in [2.24, 2.45) is 0 Å². The Balaban J connectivity index is 5.35. The highest BCUT2D eigenvalue weighted by Gasteiger charge is 2.27. The smallest absolute Gasteiger partial charge is 0.306 e. The Kier molecular flexibility index (Phi) is 53.0. The van der Waals surface area contributed by atoms with Crippen molar-refractivity contribution < 1.29 is 37.3 Å². The number of quaternary nitrogens is 1. The van der Waals surface area contributed by atoms with Crippen LogP contribution in [0.3, 0.4) is 0 Å². The first-order chi connectivity index (χ1) is 36.9. The van der Waals surface area contributed by atoms with Gasteiger partial charge in [-0.05, 0) is 96.0 Å². The van der Waals surface area contributed by atoms with Gasteiger partial charge in [0.05, 0.1) is 33.8 Å². The summed E-state index contributed by atoms with van der Waals surface area (Å²) < 4.78 is 30.3. The number of carbonyl (C=O) groups is 2. The Morgan fingerprint density at radius 3 is 1.32 bits per heavy atom. The van der Waals surface area contributed by atoms with Gasteiger partial charge in [0.25, 0.3) is 7.82 Å². The minimum atomic E-state index is -4.72. The second kappa shape index (κ2) is 55.3. The third kappa shape index (κ3) is 55.7. The highest BCUT2D eigenvalue weighted by atomic mass is 31.2. The van der Waals surface area contributed by atoms with E-state index in [0.717, 1.165) is 77.0 Å². The van der Waals surface area contributed by atoms with Crippen molar-refractivity contribution in [3.63, 3.8) is 0 Å². The van der Waals surface area contributed by atoms with Crippen molar-refractivity contribution in [3.8, 4) is 0 Å². The van der Waals surface area contributed by atoms with E-state index in [2.05, 4.69) is 99.0 Å². The molecule has 9 nitrogen and oxygen atoms in total. The van der Waals surface area contributed by atoms with Crippen LogP contribution in [-0.4, -0.2) is 69.4 Å². The number of unbranched alkanes of at least 4 members (excludes halogenated alkanes) is 25. The molecule has 438 valence electrons. The molecule has 1 amide bonds. The molecule has 76 heavy (non-hydrogen) atoms. The zero-order valence-corrected chi connectivity index (χ0v) is 50.8. The van der Waals surface area contributed by atoms with Crippen LogP contribution in [0.25, 0.3) is 0 Å². The first-order valence-electron chi connectivity index (χ1n) is 31.0. The number of hydrogen-bond donors (Lipinski definition) is 1. The molecule has 0 heterocycles. The van der Waals surface area contributed by atoms with Gasteiger partial charge in [0.1, 0.15) is 19.3 Å². The molecule has 0 radical (unpaired) electrons. The van der Waals surface area contributed by atoms with E-state index in [1.807, 2.05) is 45.4 Å². The minimum Gasteiger partial charge on any atom is -0.756 e. The zero-order chi connectivity index (χ0) is 55.7. The van der Waals surface area contributed by atoms with Crippen LogP contribution in [-0.2, 0) is 27.9 Å². The largest absolute Gasteiger partial charge is 0.756 e. The summed E-state index contributed by atoms with van der Waals surface area (Å²) in [6, 6.07) is -0.933. The molecular formula is C66H117N2O7P. The summed E-state index contributed by atoms with van der Waals surface area (Å²) in [7, 11) is 1.13. The SMILES string of the molecule is CC/C=C/C/C=C/C/C=C/C/C=C/C/C=C/CCC(=O)NC(COP(=O)([O-])OCC[N+](C)(C)C)C(/C=C/CCCCCCCCCCCCC)OC(=O)CCCCCCCCCCCCC/C=C\C/C=C\CCCCC. The maximum absolute atomic E-state index is 13.5. The molecule has 0 aliphatic rings. The second-order valence-corrected chi connectivity index (χ2v) is 23.2. The fraction of sp³-hybridized carbons (Fsp3) is 0.727. The van der Waals surface area contributed by atoms with E-state index >= 15 is 0 Å². The zero-order valence-electron chi connectivity index (χ0n) is 49.9. The van der Waals surface area contributed by atoms with Gasteiger partial charge in [-0.25, -0.2) is 0 Å². The average Bonchev–Trinajstić information content (AvgIpc) is 3.38. The van der Waals surface area contributed by atoms with Gasteiger partial charge in [-0.15, -0.1) is 0 Å². The number of hydrogen-bond acceptors (Lipinski definition) is 7. The summed E-state index contributed by atoms with van der Waals surface area (Å²) in [5.41, 5.74) is 0. The van der Waals surface area contributed by atoms with Gasteiger partial charge in [0.15, 0.2) is 0 Å². The number of allylic oxidation sites excluding steroid dienone is 15. The molecule has 0 fully saturated rings. The predicted octanol–water partition coefficient (Wildman–Crippen LogP) is 18.5. The Hall–Kier alpha value is -3.07. The number of carbonyl (C=O) groups excluding carboxylic acids is 2. The number of ether oxygens (including phenoxy) is 1. The normalized spacial score (nSPS) is 14.4. The fourth-order valence-electron chi connectivity index (χ4n) is 8.48. The number of esters is 1. The van der Waals surface area contributed by atoms with Crippen molar-refractivity contribution in [2.75, 3.05) is 40.9 Å². The summed E-state index contributed by atoms with van der Waals surface area (Å²) in [6.45, 7) is 6.65. The summed E-state index contributed by atoms with van der Waals surface area (Å²) in [5, 5.41) is 2.98. The number of likely N-dealkylation sites (N-methyl/N-ethyl adjacent to an activating group) is 1. The molecule has 0 bridgehead atoms. The number of phosphoric acid groups is 1. The number of nitrogens with one attached hydrogen (secondary N) is 1. The van der Waals surface area contributed by atoms with E-state index in [4.69, 9.17) is 13.8 Å². The minimum absolute atomic E-state index is 0.0396. The Morgan fingerprint density at radius 1 is 0.474 bits per heavy atom. The van der Waals surface area contributed by atoms with E-state index in [-0.39, 0.29) is 31.3 Å². The summed E-state index contributed by atoms with van der Waals surface area (Å²) in [5.74, 6) is -0.641. The van der Waals surface area contributed by atoms with Crippen LogP contribution in [0.5, 0.6) is 0 Å². The highest BCUT2D eigenvalue weighted by molar-refractivity contribution is 7.45. The van der Waals surface area contributed by atoms with Crippen LogP contribution in [0.15, 0.2) is 97.2 Å². The van der Waals surface area contributed by atoms with Crippen LogP contribution in [0.2, 0.25) is 0 Å². The third-order valence-corrected chi connectivity index (χ3v) is 14.2. The highest BCUT2D eigenvalue weighted by Crippen LogP contribution is 2.38. The molecule has 3 unspecified atom stereocenters. The summed E-state index contributed by atoms with van der Waals surface area (Å²) >= 11 is 0. The van der Waals surface area contributed by atoms with Gasteiger partial charge >= 0.3 is 5.97 Å². The van der Waals surface area contributed by atoms with E-state index in [0.29, 0.717) is 23.9 Å². The first kappa shape index (κ1) is 72.9. The van der Waals surface area contributed by atoms with Crippen molar-refractivity contribution in [1.29, 1.82) is 0 Å². The molecular weight excluding hydrogens is 964 g/mol. The maximum atomic E-state index is 13.5. The van der Waals surface area contributed by atoms with E-state index in [9.17, 15) is 19.0 Å². The molecule has 0 aliphatic heterocycles. The number of nitrogens with zero attached hydrogens (tertiary/aromatic N) is 1. The van der Waals surface area contributed by atoms with Crippen LogP contribution in [0.1, 0.15) is 258 Å². The van der Waals surface area contributed by atoms with Gasteiger partial charge in [-0.2, -0.15) is 0 Å². The number of rotatable bonds is 55. The van der Waals surface area contributed by atoms with E-state index < -0.39 is 26.6 Å². The molecule has 0 aliphatic carbocycles. The fourth-order valence-corrected chi connectivity index (χ4v) is 9.20. The van der Waals surface area contributed by atoms with Gasteiger partial charge in [-0.1, -0.05) is 247 Å². The quantitative estimate of drug-likeness (QED) is 0.0212. The standard InChI is InChI=1S/C66H117N2O7P/c1-7-10-13-16-19-22-25-28-30-32-33-34-35-36-38-41-44-47-50-53-56-59-66(70)75-64(57-54-51-48-45-42-39-27-24-21-18-15-12-9-3)63(62-74-76(71,72)73-61-60-68(4,5)6)67-65(69)58-55-52-49-46-43-40-37-31-29-26-23-20-17-14-11-8-2/h11,14,19-20,22-23,28-31,40,43,49,52,54,57,63-64H,7-10,12-13,15-18,21,24-27,32-39,41-42,44-48,50-51,53,55-56,58-62H2,1-6H3,(H-,67,69,71,72)/b14-11+,22-19-,23-20+,30-28-,31-29+,43-40+,52-49+,57-54+. The Bertz CT molecular complexity index is 1620. The molecule has 0 saturated carbocycles. The molecule has 0 aromatic heterocycles. The van der Waals surface area contributed by atoms with Crippen LogP contribution in [0, 0.1) is 0 Å². The predicted molar refractivity (Wildman–Crippen MR) is 325 cm³/mol. The molecule has 0 spiro atoms. The van der Waals surface area contributed by atoms with Crippen LogP contribution < -0.4 is 10.2 Å². The number of amides is 1. The first-order valence-corrected chi connectivity index (χ1v) is 32.5. The van der Waals surface area contributed by atoms with Gasteiger partial charge in [0, 0.05) is 12.8 Å². The second-order valence-electron chi connectivity index (χ2n) is 21.8. The topological polar surface area (TPSA) is 114 Å². The molecule has 1 N–H and O–H groups in total. The molecule has 0 saturated heterocycles. The molecule has 0 aromatic carbocycles. The van der Waals surface area contributed by atoms with Crippen molar-refractivity contribution in [3.05, 3.63) is 97.2 Å². The lowest BCUT2D eigenvalue weighted by atomic mass is 10.0. The van der Waals surface area contributed by atoms with Gasteiger partial charge in [-0.3, -0.25) is 14.2 Å². The molecule has 10 heteroatoms. The monoisotopic (exact) mass is 1080 g/mol. The third-order valence-electron chi connectivity index (χ3n) is 13.3. The lowest BCUT2D eigenvalue weighted by molar-refractivity contribution is -0.870. The Morgan fingerprint density at radius 2 is 0.855 bits per heavy atom. The lowest BCUT2D eigenvalue weighted by Gasteiger charge is -2.30. The summed E-state index contributed by atoms with van der Waals surface area (Å²) in [4.78, 5) is 39.9. The van der Waals surface area contributed by atoms with Crippen LogP contribution >= 0.6 is 7.82 Å². The lowest BCUT2D eigenvalue weighted by Crippen LogP contribution is -2.47. The molecule has 0 rings (SSSR count). The van der Waals surface area contributed by atoms with Crippen LogP contribution in [0.4, 0.5) is 0 Å². The maximum Gasteiger partial charge on any atom is 0.306 e. The van der Waals surface area contributed by atoms with Crippen molar-refractivity contribution in [2.45, 2.75) is 270 Å².